The van der Waals surface area contributed by atoms with Crippen molar-refractivity contribution in [3.8, 4) is 0 Å². The molecule has 29 heavy (non-hydrogen) atoms. The molecule has 0 spiro atoms. The second kappa shape index (κ2) is 8.42. The number of aromatic amines is 1. The van der Waals surface area contributed by atoms with Crippen molar-refractivity contribution in [3.63, 3.8) is 0 Å². The molecular weight excluding hydrogens is 405 g/mol. The Morgan fingerprint density at radius 3 is 2.59 bits per heavy atom. The number of hydrogen-bond donors (Lipinski definition) is 3. The minimum atomic E-state index is -4.52. The summed E-state index contributed by atoms with van der Waals surface area (Å²) in [6.07, 6.45) is -4.52. The van der Waals surface area contributed by atoms with Crippen LogP contribution in [0.2, 0.25) is 5.02 Å². The maximum atomic E-state index is 12.9. The van der Waals surface area contributed by atoms with Crippen LogP contribution in [-0.2, 0) is 11.0 Å². The van der Waals surface area contributed by atoms with Crippen molar-refractivity contribution in [1.82, 2.24) is 15.3 Å². The van der Waals surface area contributed by atoms with Gasteiger partial charge in [0.05, 0.1) is 39.9 Å². The maximum absolute atomic E-state index is 12.9. The summed E-state index contributed by atoms with van der Waals surface area (Å²) in [5.74, 6) is 0.291. The van der Waals surface area contributed by atoms with Crippen LogP contribution in [0.25, 0.3) is 11.0 Å². The third-order valence-corrected chi connectivity index (χ3v) is 4.75. The van der Waals surface area contributed by atoms with Crippen molar-refractivity contribution < 1.29 is 18.0 Å². The number of anilines is 1. The molecule has 154 valence electrons. The van der Waals surface area contributed by atoms with Crippen molar-refractivity contribution in [1.29, 1.82) is 0 Å². The van der Waals surface area contributed by atoms with Gasteiger partial charge in [0.1, 0.15) is 5.82 Å². The molecule has 3 aromatic rings. The van der Waals surface area contributed by atoms with Crippen molar-refractivity contribution >= 4 is 34.2 Å². The number of nitrogens with zero attached hydrogens (tertiary/aromatic N) is 1. The Hall–Kier alpha value is -2.58. The zero-order chi connectivity index (χ0) is 21.2. The Balaban J connectivity index is 1.70. The number of halogens is 4. The Bertz CT molecular complexity index is 983. The Kier molecular flexibility index (Phi) is 6.14. The fraction of sp³-hybridized carbons (Fsp3) is 0.300. The van der Waals surface area contributed by atoms with E-state index in [1.807, 2.05) is 38.1 Å². The van der Waals surface area contributed by atoms with E-state index in [2.05, 4.69) is 20.6 Å². The van der Waals surface area contributed by atoms with Crippen LogP contribution in [0.3, 0.4) is 0 Å². The molecule has 1 heterocycles. The largest absolute Gasteiger partial charge is 0.416 e. The molecule has 0 aliphatic heterocycles. The monoisotopic (exact) mass is 424 g/mol. The van der Waals surface area contributed by atoms with Crippen LogP contribution in [0.5, 0.6) is 0 Å². The third-order valence-electron chi connectivity index (χ3n) is 4.42. The van der Waals surface area contributed by atoms with Gasteiger partial charge in [0, 0.05) is 0 Å². The minimum Gasteiger partial charge on any atom is -0.341 e. The average Bonchev–Trinajstić information content (AvgIpc) is 3.06. The number of alkyl halides is 3. The molecule has 3 N–H and O–H groups in total. The Morgan fingerprint density at radius 1 is 1.21 bits per heavy atom. The van der Waals surface area contributed by atoms with Crippen molar-refractivity contribution in [2.75, 3.05) is 11.9 Å². The quantitative estimate of drug-likeness (QED) is 0.512. The molecule has 0 saturated carbocycles. The molecule has 0 radical (unpaired) electrons. The number of para-hydroxylation sites is 2. The molecule has 3 rings (SSSR count). The average molecular weight is 425 g/mol. The van der Waals surface area contributed by atoms with Crippen LogP contribution in [0.4, 0.5) is 18.9 Å². The molecule has 1 amide bonds. The molecule has 1 aromatic heterocycles. The third kappa shape index (κ3) is 5.07. The fourth-order valence-corrected chi connectivity index (χ4v) is 3.13. The number of amides is 1. The van der Waals surface area contributed by atoms with E-state index in [0.29, 0.717) is 5.82 Å². The lowest BCUT2D eigenvalue weighted by molar-refractivity contribution is -0.137. The van der Waals surface area contributed by atoms with Crippen LogP contribution in [0, 0.1) is 5.92 Å². The van der Waals surface area contributed by atoms with Gasteiger partial charge in [0.25, 0.3) is 0 Å². The number of aromatic nitrogens is 2. The van der Waals surface area contributed by atoms with Crippen molar-refractivity contribution in [2.24, 2.45) is 5.92 Å². The summed E-state index contributed by atoms with van der Waals surface area (Å²) in [7, 11) is 0. The summed E-state index contributed by atoms with van der Waals surface area (Å²) in [5, 5.41) is 5.57. The van der Waals surface area contributed by atoms with Gasteiger partial charge in [-0.15, -0.1) is 0 Å². The van der Waals surface area contributed by atoms with Crippen molar-refractivity contribution in [2.45, 2.75) is 26.1 Å². The summed E-state index contributed by atoms with van der Waals surface area (Å²) in [4.78, 5) is 20.1. The van der Waals surface area contributed by atoms with E-state index in [1.54, 1.807) is 0 Å². The standard InChI is InChI=1S/C20H20ClF3N4O/c1-11(2)18(19-27-14-5-3-4-6-15(14)28-19)25-10-17(29)26-16-9-12(20(22,23)24)7-8-13(16)21/h3-9,11,18,25H,10H2,1-2H3,(H,26,29)(H,27,28)/t18-/m1/s1. The second-order valence-corrected chi connectivity index (χ2v) is 7.39. The zero-order valence-electron chi connectivity index (χ0n) is 15.8. The highest BCUT2D eigenvalue weighted by Crippen LogP contribution is 2.33. The normalized spacial score (nSPS) is 13.1. The maximum Gasteiger partial charge on any atom is 0.416 e. The molecule has 0 fully saturated rings. The van der Waals surface area contributed by atoms with E-state index < -0.39 is 17.6 Å². The summed E-state index contributed by atoms with van der Waals surface area (Å²) in [6, 6.07) is 10.1. The highest BCUT2D eigenvalue weighted by molar-refractivity contribution is 6.33. The Morgan fingerprint density at radius 2 is 1.93 bits per heavy atom. The number of benzene rings is 2. The van der Waals surface area contributed by atoms with Crippen molar-refractivity contribution in [3.05, 3.63) is 58.9 Å². The zero-order valence-corrected chi connectivity index (χ0v) is 16.5. The highest BCUT2D eigenvalue weighted by Gasteiger charge is 2.31. The minimum absolute atomic E-state index is 0.0315. The summed E-state index contributed by atoms with van der Waals surface area (Å²) in [6.45, 7) is 3.84. The topological polar surface area (TPSA) is 69.8 Å². The van der Waals surface area contributed by atoms with Gasteiger partial charge in [0.15, 0.2) is 0 Å². The van der Waals surface area contributed by atoms with Gasteiger partial charge in [-0.3, -0.25) is 10.1 Å². The van der Waals surface area contributed by atoms with Gasteiger partial charge in [-0.1, -0.05) is 37.6 Å². The fourth-order valence-electron chi connectivity index (χ4n) is 2.96. The molecule has 0 aliphatic rings. The summed E-state index contributed by atoms with van der Waals surface area (Å²) in [5.41, 5.74) is 0.732. The molecule has 1 atom stereocenters. The SMILES string of the molecule is CC(C)[C@@H](NCC(=O)Nc1cc(C(F)(F)F)ccc1Cl)c1nc2ccccc2[nH]1. The van der Waals surface area contributed by atoms with Gasteiger partial charge in [0.2, 0.25) is 5.91 Å². The molecule has 5 nitrogen and oxygen atoms in total. The smallest absolute Gasteiger partial charge is 0.341 e. The molecule has 0 aliphatic carbocycles. The summed E-state index contributed by atoms with van der Waals surface area (Å²) < 4.78 is 38.6. The number of nitrogens with one attached hydrogen (secondary N) is 3. The molecule has 0 bridgehead atoms. The molecule has 0 unspecified atom stereocenters. The number of H-pyrrole nitrogens is 1. The second-order valence-electron chi connectivity index (χ2n) is 6.98. The lowest BCUT2D eigenvalue weighted by Gasteiger charge is -2.20. The van der Waals surface area contributed by atoms with Gasteiger partial charge < -0.3 is 10.3 Å². The predicted molar refractivity (Wildman–Crippen MR) is 107 cm³/mol. The molecule has 0 saturated heterocycles. The summed E-state index contributed by atoms with van der Waals surface area (Å²) >= 11 is 5.93. The number of carbonyl (C=O) groups excluding carboxylic acids is 1. The number of rotatable bonds is 6. The van der Waals surface area contributed by atoms with E-state index in [0.717, 1.165) is 29.2 Å². The first-order valence-electron chi connectivity index (χ1n) is 9.00. The van der Waals surface area contributed by atoms with E-state index in [9.17, 15) is 18.0 Å². The first-order chi connectivity index (χ1) is 13.6. The highest BCUT2D eigenvalue weighted by atomic mass is 35.5. The Labute approximate surface area is 170 Å². The van der Waals surface area contributed by atoms with Crippen LogP contribution < -0.4 is 10.6 Å². The lowest BCUT2D eigenvalue weighted by Crippen LogP contribution is -2.34. The first-order valence-corrected chi connectivity index (χ1v) is 9.37. The first kappa shape index (κ1) is 21.1. The number of carbonyl (C=O) groups is 1. The van der Waals surface area contributed by atoms with Gasteiger partial charge >= 0.3 is 6.18 Å². The lowest BCUT2D eigenvalue weighted by atomic mass is 10.0. The number of imidazole rings is 1. The van der Waals surface area contributed by atoms with E-state index in [1.165, 1.54) is 0 Å². The molecular formula is C20H20ClF3N4O. The molecule has 9 heteroatoms. The molecule has 2 aromatic carbocycles. The van der Waals surface area contributed by atoms with Crippen LogP contribution in [-0.4, -0.2) is 22.4 Å². The van der Waals surface area contributed by atoms with Gasteiger partial charge in [-0.25, -0.2) is 4.98 Å². The predicted octanol–water partition coefficient (Wildman–Crippen LogP) is 5.16. The number of hydrogen-bond acceptors (Lipinski definition) is 3. The van der Waals surface area contributed by atoms with Crippen LogP contribution in [0.1, 0.15) is 31.3 Å². The number of fused-ring (bicyclic) bond motifs is 1. The van der Waals surface area contributed by atoms with E-state index in [-0.39, 0.29) is 29.2 Å². The van der Waals surface area contributed by atoms with E-state index in [4.69, 9.17) is 11.6 Å². The van der Waals surface area contributed by atoms with E-state index >= 15 is 0 Å². The van der Waals surface area contributed by atoms with Crippen LogP contribution in [0.15, 0.2) is 42.5 Å². The van der Waals surface area contributed by atoms with Gasteiger partial charge in [-0.05, 0) is 36.2 Å². The van der Waals surface area contributed by atoms with Crippen LogP contribution >= 0.6 is 11.6 Å². The van der Waals surface area contributed by atoms with Gasteiger partial charge in [-0.2, -0.15) is 13.2 Å².